The van der Waals surface area contributed by atoms with Gasteiger partial charge in [-0.2, -0.15) is 0 Å². The van der Waals surface area contributed by atoms with Crippen LogP contribution in [0, 0.1) is 5.92 Å². The van der Waals surface area contributed by atoms with Crippen LogP contribution in [0.3, 0.4) is 0 Å². The summed E-state index contributed by atoms with van der Waals surface area (Å²) in [6.07, 6.45) is 0.763. The van der Waals surface area contributed by atoms with Gasteiger partial charge in [0.2, 0.25) is 5.91 Å². The maximum Gasteiger partial charge on any atom is 0.308 e. The lowest BCUT2D eigenvalue weighted by molar-refractivity contribution is -0.141. The summed E-state index contributed by atoms with van der Waals surface area (Å²) in [5.41, 5.74) is 0.893. The van der Waals surface area contributed by atoms with E-state index in [-0.39, 0.29) is 12.5 Å². The summed E-state index contributed by atoms with van der Waals surface area (Å²) in [6, 6.07) is 7.68. The maximum atomic E-state index is 12.1. The van der Waals surface area contributed by atoms with E-state index in [9.17, 15) is 14.7 Å². The normalized spacial score (nSPS) is 17.0. The average molecular weight is 396 g/mol. The first-order chi connectivity index (χ1) is 12.8. The summed E-state index contributed by atoms with van der Waals surface area (Å²) < 4.78 is 0. The van der Waals surface area contributed by atoms with E-state index in [0.29, 0.717) is 30.5 Å². The van der Waals surface area contributed by atoms with Crippen molar-refractivity contribution in [2.45, 2.75) is 32.7 Å². The standard InChI is InChI=1S/C20H30ClN3O3/c1-15(2)24-11-9-23(10-12-24)8-7-19(25)22-14-17(20(26)27)13-16-3-5-18(21)6-4-16/h3-6,15,17H,7-14H2,1-2H3,(H,22,25)(H,26,27). The van der Waals surface area contributed by atoms with E-state index in [1.54, 1.807) is 12.1 Å². The largest absolute Gasteiger partial charge is 0.481 e. The van der Waals surface area contributed by atoms with Crippen molar-refractivity contribution in [1.29, 1.82) is 0 Å². The van der Waals surface area contributed by atoms with Crippen LogP contribution in [-0.4, -0.2) is 72.1 Å². The minimum atomic E-state index is -0.907. The molecule has 7 heteroatoms. The predicted octanol–water partition coefficient (Wildman–Crippen LogP) is 2.12. The number of carboxylic acids is 1. The van der Waals surface area contributed by atoms with E-state index < -0.39 is 11.9 Å². The number of nitrogens with one attached hydrogen (secondary N) is 1. The summed E-state index contributed by atoms with van der Waals surface area (Å²) in [7, 11) is 0. The van der Waals surface area contributed by atoms with E-state index in [0.717, 1.165) is 31.7 Å². The Kier molecular flexibility index (Phi) is 8.54. The number of amides is 1. The molecule has 2 N–H and O–H groups in total. The van der Waals surface area contributed by atoms with Crippen molar-refractivity contribution in [3.05, 3.63) is 34.9 Å². The fourth-order valence-corrected chi connectivity index (χ4v) is 3.37. The number of nitrogens with zero attached hydrogens (tertiary/aromatic N) is 2. The number of piperazine rings is 1. The van der Waals surface area contributed by atoms with Gasteiger partial charge < -0.3 is 15.3 Å². The van der Waals surface area contributed by atoms with Crippen LogP contribution in [0.5, 0.6) is 0 Å². The van der Waals surface area contributed by atoms with Gasteiger partial charge in [0, 0.05) is 56.8 Å². The van der Waals surface area contributed by atoms with Crippen molar-refractivity contribution >= 4 is 23.5 Å². The third kappa shape index (κ3) is 7.48. The van der Waals surface area contributed by atoms with Crippen LogP contribution in [0.2, 0.25) is 5.02 Å². The fraction of sp³-hybridized carbons (Fsp3) is 0.600. The van der Waals surface area contributed by atoms with Gasteiger partial charge in [0.05, 0.1) is 5.92 Å². The van der Waals surface area contributed by atoms with Gasteiger partial charge in [-0.3, -0.25) is 14.5 Å². The molecular formula is C20H30ClN3O3. The molecule has 1 atom stereocenters. The van der Waals surface area contributed by atoms with Crippen molar-refractivity contribution in [3.8, 4) is 0 Å². The molecule has 0 radical (unpaired) electrons. The number of aliphatic carboxylic acids is 1. The first kappa shape index (κ1) is 21.7. The summed E-state index contributed by atoms with van der Waals surface area (Å²) in [6.45, 7) is 9.26. The minimum absolute atomic E-state index is 0.0938. The molecule has 1 fully saturated rings. The fourth-order valence-electron chi connectivity index (χ4n) is 3.24. The molecule has 0 spiro atoms. The van der Waals surface area contributed by atoms with Crippen LogP contribution in [0.1, 0.15) is 25.8 Å². The average Bonchev–Trinajstić information content (AvgIpc) is 2.65. The van der Waals surface area contributed by atoms with Crippen LogP contribution in [0.25, 0.3) is 0 Å². The Bertz CT molecular complexity index is 613. The topological polar surface area (TPSA) is 72.9 Å². The predicted molar refractivity (Wildman–Crippen MR) is 107 cm³/mol. The Morgan fingerprint density at radius 2 is 1.78 bits per heavy atom. The molecule has 1 amide bonds. The molecule has 1 unspecified atom stereocenters. The van der Waals surface area contributed by atoms with Gasteiger partial charge in [-0.1, -0.05) is 23.7 Å². The zero-order valence-corrected chi connectivity index (χ0v) is 16.9. The van der Waals surface area contributed by atoms with Gasteiger partial charge in [0.1, 0.15) is 0 Å². The molecule has 27 heavy (non-hydrogen) atoms. The Labute approximate surface area is 166 Å². The van der Waals surface area contributed by atoms with E-state index in [1.807, 2.05) is 12.1 Å². The number of halogens is 1. The highest BCUT2D eigenvalue weighted by molar-refractivity contribution is 6.30. The molecule has 1 aromatic rings. The quantitative estimate of drug-likeness (QED) is 0.670. The number of benzene rings is 1. The smallest absolute Gasteiger partial charge is 0.308 e. The Morgan fingerprint density at radius 3 is 2.33 bits per heavy atom. The molecule has 6 nitrogen and oxygen atoms in total. The van der Waals surface area contributed by atoms with E-state index >= 15 is 0 Å². The number of hydrogen-bond acceptors (Lipinski definition) is 4. The highest BCUT2D eigenvalue weighted by atomic mass is 35.5. The van der Waals surface area contributed by atoms with E-state index in [4.69, 9.17) is 11.6 Å². The van der Waals surface area contributed by atoms with E-state index in [1.165, 1.54) is 0 Å². The lowest BCUT2D eigenvalue weighted by Gasteiger charge is -2.36. The maximum absolute atomic E-state index is 12.1. The summed E-state index contributed by atoms with van der Waals surface area (Å²) >= 11 is 5.86. The lowest BCUT2D eigenvalue weighted by atomic mass is 9.99. The lowest BCUT2D eigenvalue weighted by Crippen LogP contribution is -2.49. The monoisotopic (exact) mass is 395 g/mol. The van der Waals surface area contributed by atoms with E-state index in [2.05, 4.69) is 29.0 Å². The number of carbonyl (C=O) groups is 2. The number of carboxylic acid groups (broad SMARTS) is 1. The zero-order chi connectivity index (χ0) is 19.8. The first-order valence-corrected chi connectivity index (χ1v) is 9.93. The third-order valence-corrected chi connectivity index (χ3v) is 5.33. The molecule has 1 heterocycles. The molecule has 1 saturated heterocycles. The third-order valence-electron chi connectivity index (χ3n) is 5.08. The molecular weight excluding hydrogens is 366 g/mol. The minimum Gasteiger partial charge on any atom is -0.481 e. The summed E-state index contributed by atoms with van der Waals surface area (Å²) in [5, 5.41) is 12.8. The number of rotatable bonds is 9. The molecule has 0 aromatic heterocycles. The first-order valence-electron chi connectivity index (χ1n) is 9.55. The Hall–Kier alpha value is -1.63. The molecule has 0 bridgehead atoms. The second-order valence-corrected chi connectivity index (χ2v) is 7.83. The highest BCUT2D eigenvalue weighted by Gasteiger charge is 2.21. The highest BCUT2D eigenvalue weighted by Crippen LogP contribution is 2.13. The molecule has 1 aliphatic heterocycles. The van der Waals surface area contributed by atoms with Crippen molar-refractivity contribution in [2.75, 3.05) is 39.3 Å². The molecule has 150 valence electrons. The van der Waals surface area contributed by atoms with Crippen LogP contribution in [0.4, 0.5) is 0 Å². The zero-order valence-electron chi connectivity index (χ0n) is 16.2. The van der Waals surface area contributed by atoms with Crippen LogP contribution in [0.15, 0.2) is 24.3 Å². The van der Waals surface area contributed by atoms with Gasteiger partial charge >= 0.3 is 5.97 Å². The van der Waals surface area contributed by atoms with Crippen LogP contribution < -0.4 is 5.32 Å². The molecule has 1 aromatic carbocycles. The van der Waals surface area contributed by atoms with Gasteiger partial charge in [-0.25, -0.2) is 0 Å². The molecule has 0 saturated carbocycles. The summed E-state index contributed by atoms with van der Waals surface area (Å²) in [5.74, 6) is -1.65. The molecule has 0 aliphatic carbocycles. The van der Waals surface area contributed by atoms with Gasteiger partial charge in [-0.05, 0) is 38.0 Å². The van der Waals surface area contributed by atoms with Gasteiger partial charge in [-0.15, -0.1) is 0 Å². The SMILES string of the molecule is CC(C)N1CCN(CCC(=O)NCC(Cc2ccc(Cl)cc2)C(=O)O)CC1. The van der Waals surface area contributed by atoms with Crippen LogP contribution in [-0.2, 0) is 16.0 Å². The number of carbonyl (C=O) groups excluding carboxylic acids is 1. The Balaban J connectivity index is 1.71. The van der Waals surface area contributed by atoms with Crippen LogP contribution >= 0.6 is 11.6 Å². The van der Waals surface area contributed by atoms with Gasteiger partial charge in [0.25, 0.3) is 0 Å². The Morgan fingerprint density at radius 1 is 1.15 bits per heavy atom. The van der Waals surface area contributed by atoms with Crippen molar-refractivity contribution in [2.24, 2.45) is 5.92 Å². The second kappa shape index (κ2) is 10.6. The second-order valence-electron chi connectivity index (χ2n) is 7.39. The molecule has 1 aliphatic rings. The number of hydrogen-bond donors (Lipinski definition) is 2. The molecule has 2 rings (SSSR count). The van der Waals surface area contributed by atoms with Crippen molar-refractivity contribution in [1.82, 2.24) is 15.1 Å². The summed E-state index contributed by atoms with van der Waals surface area (Å²) in [4.78, 5) is 28.3. The van der Waals surface area contributed by atoms with Crippen molar-refractivity contribution < 1.29 is 14.7 Å². The van der Waals surface area contributed by atoms with Crippen molar-refractivity contribution in [3.63, 3.8) is 0 Å². The van der Waals surface area contributed by atoms with Gasteiger partial charge in [0.15, 0.2) is 0 Å².